The van der Waals surface area contributed by atoms with Crippen LogP contribution in [0.2, 0.25) is 0 Å². The summed E-state index contributed by atoms with van der Waals surface area (Å²) in [5.41, 5.74) is 7.54. The maximum Gasteiger partial charge on any atom is 0.0354 e. The SMILES string of the molecule is CC(C)(C)[C@H](N)c1ccccc1I.Cl. The van der Waals surface area contributed by atoms with Crippen molar-refractivity contribution in [2.24, 2.45) is 11.1 Å². The average Bonchev–Trinajstić information content (AvgIpc) is 2.02. The number of hydrogen-bond acceptors (Lipinski definition) is 1. The third-order valence-corrected chi connectivity index (χ3v) is 3.16. The van der Waals surface area contributed by atoms with Gasteiger partial charge in [0.15, 0.2) is 0 Å². The lowest BCUT2D eigenvalue weighted by atomic mass is 9.83. The molecule has 0 amide bonds. The Labute approximate surface area is 106 Å². The first-order valence-electron chi connectivity index (χ1n) is 4.43. The highest BCUT2D eigenvalue weighted by molar-refractivity contribution is 14.1. The molecule has 0 aliphatic rings. The van der Waals surface area contributed by atoms with E-state index in [-0.39, 0.29) is 23.9 Å². The molecule has 0 saturated carbocycles. The normalized spacial score (nSPS) is 13.2. The van der Waals surface area contributed by atoms with Gasteiger partial charge in [-0.25, -0.2) is 0 Å². The van der Waals surface area contributed by atoms with Gasteiger partial charge in [0.2, 0.25) is 0 Å². The summed E-state index contributed by atoms with van der Waals surface area (Å²) in [5.74, 6) is 0. The Balaban J connectivity index is 0.00000169. The molecule has 0 aromatic heterocycles. The second-order valence-corrected chi connectivity index (χ2v) is 5.53. The first-order chi connectivity index (χ1) is 5.93. The lowest BCUT2D eigenvalue weighted by molar-refractivity contribution is 0.326. The summed E-state index contributed by atoms with van der Waals surface area (Å²) in [6.07, 6.45) is 0. The van der Waals surface area contributed by atoms with Crippen LogP contribution < -0.4 is 5.73 Å². The van der Waals surface area contributed by atoms with Gasteiger partial charge >= 0.3 is 0 Å². The van der Waals surface area contributed by atoms with Gasteiger partial charge in [-0.15, -0.1) is 12.4 Å². The van der Waals surface area contributed by atoms with Gasteiger partial charge in [-0.3, -0.25) is 0 Å². The van der Waals surface area contributed by atoms with Crippen LogP contribution in [0, 0.1) is 8.99 Å². The highest BCUT2D eigenvalue weighted by Crippen LogP contribution is 2.32. The molecule has 1 rings (SSSR count). The molecule has 0 aliphatic carbocycles. The van der Waals surface area contributed by atoms with Crippen molar-refractivity contribution in [2.75, 3.05) is 0 Å². The summed E-state index contributed by atoms with van der Waals surface area (Å²) >= 11 is 2.34. The Hall–Kier alpha value is 0.200. The standard InChI is InChI=1S/C11H16IN.ClH/c1-11(2,3)10(13)8-6-4-5-7-9(8)12;/h4-7,10H,13H2,1-3H3;1H/t10-;/m1./s1. The van der Waals surface area contributed by atoms with E-state index in [1.165, 1.54) is 9.13 Å². The van der Waals surface area contributed by atoms with E-state index in [0.717, 1.165) is 0 Å². The minimum Gasteiger partial charge on any atom is -0.323 e. The van der Waals surface area contributed by atoms with Gasteiger partial charge in [0.05, 0.1) is 0 Å². The fourth-order valence-corrected chi connectivity index (χ4v) is 1.92. The quantitative estimate of drug-likeness (QED) is 0.782. The van der Waals surface area contributed by atoms with Gasteiger partial charge in [0, 0.05) is 9.61 Å². The lowest BCUT2D eigenvalue weighted by Gasteiger charge is -2.28. The Morgan fingerprint density at radius 3 is 2.14 bits per heavy atom. The zero-order valence-electron chi connectivity index (χ0n) is 8.75. The van der Waals surface area contributed by atoms with Crippen molar-refractivity contribution in [1.82, 2.24) is 0 Å². The molecule has 1 aromatic carbocycles. The van der Waals surface area contributed by atoms with E-state index < -0.39 is 0 Å². The van der Waals surface area contributed by atoms with E-state index in [2.05, 4.69) is 55.5 Å². The smallest absolute Gasteiger partial charge is 0.0354 e. The maximum absolute atomic E-state index is 6.17. The zero-order valence-corrected chi connectivity index (χ0v) is 11.7. The van der Waals surface area contributed by atoms with Crippen LogP contribution >= 0.6 is 35.0 Å². The van der Waals surface area contributed by atoms with Gasteiger partial charge in [0.1, 0.15) is 0 Å². The maximum atomic E-state index is 6.17. The molecule has 0 aliphatic heterocycles. The van der Waals surface area contributed by atoms with Gasteiger partial charge in [-0.05, 0) is 39.6 Å². The second-order valence-electron chi connectivity index (χ2n) is 4.37. The molecule has 1 aromatic rings. The van der Waals surface area contributed by atoms with Gasteiger partial charge in [0.25, 0.3) is 0 Å². The predicted octanol–water partition coefficient (Wildman–Crippen LogP) is 3.76. The molecule has 0 bridgehead atoms. The monoisotopic (exact) mass is 325 g/mol. The second kappa shape index (κ2) is 5.33. The number of rotatable bonds is 1. The predicted molar refractivity (Wildman–Crippen MR) is 72.8 cm³/mol. The van der Waals surface area contributed by atoms with E-state index in [9.17, 15) is 0 Å². The topological polar surface area (TPSA) is 26.0 Å². The van der Waals surface area contributed by atoms with Crippen molar-refractivity contribution in [3.05, 3.63) is 33.4 Å². The first kappa shape index (κ1) is 14.2. The largest absolute Gasteiger partial charge is 0.323 e. The lowest BCUT2D eigenvalue weighted by Crippen LogP contribution is -2.26. The minimum absolute atomic E-state index is 0. The molecular formula is C11H17ClIN. The van der Waals surface area contributed by atoms with Gasteiger partial charge in [-0.2, -0.15) is 0 Å². The first-order valence-corrected chi connectivity index (χ1v) is 5.51. The summed E-state index contributed by atoms with van der Waals surface area (Å²) in [7, 11) is 0. The fourth-order valence-electron chi connectivity index (χ4n) is 1.19. The molecule has 1 nitrogen and oxygen atoms in total. The molecule has 0 saturated heterocycles. The molecule has 80 valence electrons. The molecule has 0 radical (unpaired) electrons. The Kier molecular flexibility index (Phi) is 5.41. The van der Waals surface area contributed by atoms with Gasteiger partial charge in [-0.1, -0.05) is 39.0 Å². The van der Waals surface area contributed by atoms with E-state index in [1.807, 2.05) is 12.1 Å². The van der Waals surface area contributed by atoms with E-state index >= 15 is 0 Å². The minimum atomic E-state index is 0. The third-order valence-electron chi connectivity index (χ3n) is 2.17. The molecule has 3 heteroatoms. The van der Waals surface area contributed by atoms with Crippen LogP contribution in [0.5, 0.6) is 0 Å². The molecule has 0 heterocycles. The molecule has 1 atom stereocenters. The van der Waals surface area contributed by atoms with Crippen molar-refractivity contribution < 1.29 is 0 Å². The summed E-state index contributed by atoms with van der Waals surface area (Å²) in [5, 5.41) is 0. The number of hydrogen-bond donors (Lipinski definition) is 1. The van der Waals surface area contributed by atoms with Crippen molar-refractivity contribution >= 4 is 35.0 Å². The van der Waals surface area contributed by atoms with Crippen LogP contribution in [0.25, 0.3) is 0 Å². The summed E-state index contributed by atoms with van der Waals surface area (Å²) in [4.78, 5) is 0. The molecule has 0 unspecified atom stereocenters. The fraction of sp³-hybridized carbons (Fsp3) is 0.455. The van der Waals surface area contributed by atoms with E-state index in [4.69, 9.17) is 5.73 Å². The van der Waals surface area contributed by atoms with E-state index in [0.29, 0.717) is 0 Å². The molecule has 2 N–H and O–H groups in total. The Morgan fingerprint density at radius 1 is 1.21 bits per heavy atom. The van der Waals surface area contributed by atoms with Crippen LogP contribution in [0.3, 0.4) is 0 Å². The van der Waals surface area contributed by atoms with E-state index in [1.54, 1.807) is 0 Å². The van der Waals surface area contributed by atoms with Crippen molar-refractivity contribution in [3.63, 3.8) is 0 Å². The van der Waals surface area contributed by atoms with Crippen LogP contribution in [0.1, 0.15) is 32.4 Å². The average molecular weight is 326 g/mol. The van der Waals surface area contributed by atoms with Crippen LogP contribution in [0.15, 0.2) is 24.3 Å². The number of benzene rings is 1. The molecule has 0 spiro atoms. The highest BCUT2D eigenvalue weighted by atomic mass is 127. The Bertz CT molecular complexity index is 294. The summed E-state index contributed by atoms with van der Waals surface area (Å²) < 4.78 is 1.25. The number of halogens is 2. The summed E-state index contributed by atoms with van der Waals surface area (Å²) in [6, 6.07) is 8.41. The van der Waals surface area contributed by atoms with Crippen LogP contribution in [-0.4, -0.2) is 0 Å². The third kappa shape index (κ3) is 3.41. The van der Waals surface area contributed by atoms with Crippen LogP contribution in [-0.2, 0) is 0 Å². The summed E-state index contributed by atoms with van der Waals surface area (Å²) in [6.45, 7) is 6.50. The van der Waals surface area contributed by atoms with Crippen molar-refractivity contribution in [1.29, 1.82) is 0 Å². The number of nitrogens with two attached hydrogens (primary N) is 1. The zero-order chi connectivity index (χ0) is 10.1. The van der Waals surface area contributed by atoms with Crippen LogP contribution in [0.4, 0.5) is 0 Å². The van der Waals surface area contributed by atoms with Crippen molar-refractivity contribution in [2.45, 2.75) is 26.8 Å². The highest BCUT2D eigenvalue weighted by Gasteiger charge is 2.23. The van der Waals surface area contributed by atoms with Gasteiger partial charge < -0.3 is 5.73 Å². The molecular weight excluding hydrogens is 308 g/mol. The molecule has 0 fully saturated rings. The molecule has 14 heavy (non-hydrogen) atoms. The Morgan fingerprint density at radius 2 is 1.71 bits per heavy atom. The van der Waals surface area contributed by atoms with Crippen molar-refractivity contribution in [3.8, 4) is 0 Å².